The summed E-state index contributed by atoms with van der Waals surface area (Å²) in [5, 5.41) is 13.9. The molecule has 0 aromatic carbocycles. The van der Waals surface area contributed by atoms with E-state index in [0.29, 0.717) is 13.1 Å². The molecule has 1 atom stereocenters. The summed E-state index contributed by atoms with van der Waals surface area (Å²) in [6.07, 6.45) is 2.05. The number of nitrogens with zero attached hydrogens (tertiary/aromatic N) is 4. The van der Waals surface area contributed by atoms with Crippen LogP contribution in [0, 0.1) is 0 Å². The highest BCUT2D eigenvalue weighted by molar-refractivity contribution is 5.86. The smallest absolute Gasteiger partial charge is 0.241 e. The Balaban J connectivity index is 1.62. The molecule has 8 heteroatoms. The van der Waals surface area contributed by atoms with Gasteiger partial charge in [0.1, 0.15) is 11.9 Å². The number of carbonyl (C=O) groups is 2. The van der Waals surface area contributed by atoms with E-state index < -0.39 is 0 Å². The molecule has 2 aliphatic heterocycles. The third-order valence-corrected chi connectivity index (χ3v) is 3.75. The van der Waals surface area contributed by atoms with Crippen molar-refractivity contribution >= 4 is 11.8 Å². The van der Waals surface area contributed by atoms with Crippen LogP contribution in [0.15, 0.2) is 0 Å². The lowest BCUT2D eigenvalue weighted by molar-refractivity contribution is -0.134. The Labute approximate surface area is 116 Å². The highest BCUT2D eigenvalue weighted by Crippen LogP contribution is 2.15. The molecule has 1 saturated heterocycles. The number of piperazine rings is 1. The van der Waals surface area contributed by atoms with Gasteiger partial charge in [-0.2, -0.15) is 0 Å². The molecule has 20 heavy (non-hydrogen) atoms. The summed E-state index contributed by atoms with van der Waals surface area (Å²) in [4.78, 5) is 25.0. The minimum Gasteiger partial charge on any atom is -0.353 e. The molecule has 0 radical (unpaired) electrons. The van der Waals surface area contributed by atoms with Gasteiger partial charge >= 0.3 is 0 Å². The predicted octanol–water partition coefficient (Wildman–Crippen LogP) is -1.73. The maximum Gasteiger partial charge on any atom is 0.241 e. The van der Waals surface area contributed by atoms with E-state index >= 15 is 0 Å². The molecule has 0 aliphatic carbocycles. The summed E-state index contributed by atoms with van der Waals surface area (Å²) in [7, 11) is 1.75. The van der Waals surface area contributed by atoms with Crippen molar-refractivity contribution in [1.82, 2.24) is 30.3 Å². The van der Waals surface area contributed by atoms with Gasteiger partial charge in [0.15, 0.2) is 5.82 Å². The first-order valence-corrected chi connectivity index (χ1v) is 6.81. The van der Waals surface area contributed by atoms with Crippen molar-refractivity contribution in [2.45, 2.75) is 32.0 Å². The number of rotatable bonds is 3. The zero-order chi connectivity index (χ0) is 14.1. The molecule has 0 bridgehead atoms. The minimum atomic E-state index is -0.362. The first-order valence-electron chi connectivity index (χ1n) is 6.81. The van der Waals surface area contributed by atoms with Crippen LogP contribution in [0.1, 0.15) is 18.1 Å². The Kier molecular flexibility index (Phi) is 3.39. The zero-order valence-electron chi connectivity index (χ0n) is 11.4. The van der Waals surface area contributed by atoms with Crippen LogP contribution in [0.3, 0.4) is 0 Å². The van der Waals surface area contributed by atoms with Gasteiger partial charge in [0.05, 0.1) is 13.1 Å². The van der Waals surface area contributed by atoms with Crippen LogP contribution < -0.4 is 10.6 Å². The van der Waals surface area contributed by atoms with E-state index in [2.05, 4.69) is 25.4 Å². The third-order valence-electron chi connectivity index (χ3n) is 3.75. The number of hydrogen-bond acceptors (Lipinski definition) is 5. The molecule has 8 nitrogen and oxygen atoms in total. The van der Waals surface area contributed by atoms with Gasteiger partial charge in [0.2, 0.25) is 11.8 Å². The number of nitrogens with one attached hydrogen (secondary N) is 2. The fourth-order valence-corrected chi connectivity index (χ4v) is 2.62. The maximum absolute atomic E-state index is 12.3. The van der Waals surface area contributed by atoms with E-state index in [9.17, 15) is 9.59 Å². The first-order chi connectivity index (χ1) is 9.65. The summed E-state index contributed by atoms with van der Waals surface area (Å²) < 4.78 is 2.08. The second kappa shape index (κ2) is 5.20. The molecule has 2 aliphatic rings. The molecule has 1 unspecified atom stereocenters. The predicted molar refractivity (Wildman–Crippen MR) is 69.6 cm³/mol. The fourth-order valence-electron chi connectivity index (χ4n) is 2.62. The van der Waals surface area contributed by atoms with E-state index in [0.717, 1.165) is 31.0 Å². The molecule has 1 aromatic heterocycles. The molecule has 0 saturated carbocycles. The quantitative estimate of drug-likeness (QED) is 0.685. The maximum atomic E-state index is 12.3. The number of hydrogen-bond donors (Lipinski definition) is 2. The van der Waals surface area contributed by atoms with Gasteiger partial charge in [-0.05, 0) is 6.42 Å². The molecular formula is C12H18N6O2. The van der Waals surface area contributed by atoms with E-state index in [-0.39, 0.29) is 24.4 Å². The molecule has 2 amide bonds. The van der Waals surface area contributed by atoms with Crippen molar-refractivity contribution < 1.29 is 9.59 Å². The summed E-state index contributed by atoms with van der Waals surface area (Å²) in [6, 6.07) is -0.362. The highest BCUT2D eigenvalue weighted by Gasteiger charge is 2.27. The Morgan fingerprint density at radius 3 is 3.10 bits per heavy atom. The number of likely N-dealkylation sites (N-methyl/N-ethyl adjacent to an activating group) is 1. The third kappa shape index (κ3) is 2.38. The summed E-state index contributed by atoms with van der Waals surface area (Å²) >= 11 is 0. The van der Waals surface area contributed by atoms with Crippen molar-refractivity contribution in [3.63, 3.8) is 0 Å². The van der Waals surface area contributed by atoms with Gasteiger partial charge in [-0.1, -0.05) is 0 Å². The normalized spacial score (nSPS) is 21.4. The van der Waals surface area contributed by atoms with Gasteiger partial charge < -0.3 is 14.8 Å². The lowest BCUT2D eigenvalue weighted by atomic mass is 10.2. The Bertz CT molecular complexity index is 530. The largest absolute Gasteiger partial charge is 0.353 e. The van der Waals surface area contributed by atoms with Crippen LogP contribution in [0.5, 0.6) is 0 Å². The van der Waals surface area contributed by atoms with Gasteiger partial charge in [0.25, 0.3) is 0 Å². The van der Waals surface area contributed by atoms with E-state index in [1.54, 1.807) is 11.9 Å². The van der Waals surface area contributed by atoms with E-state index in [4.69, 9.17) is 0 Å². The zero-order valence-corrected chi connectivity index (χ0v) is 11.4. The number of amides is 2. The average molecular weight is 278 g/mol. The van der Waals surface area contributed by atoms with Gasteiger partial charge in [-0.3, -0.25) is 14.9 Å². The monoisotopic (exact) mass is 278 g/mol. The summed E-state index contributed by atoms with van der Waals surface area (Å²) in [5.41, 5.74) is 0. The van der Waals surface area contributed by atoms with Crippen LogP contribution in [-0.2, 0) is 29.1 Å². The number of fused-ring (bicyclic) bond motifs is 1. The molecule has 3 heterocycles. The van der Waals surface area contributed by atoms with Crippen molar-refractivity contribution in [1.29, 1.82) is 0 Å². The minimum absolute atomic E-state index is 0.0413. The van der Waals surface area contributed by atoms with Gasteiger partial charge in [-0.25, -0.2) is 0 Å². The number of carbonyl (C=O) groups excluding carboxylic acids is 2. The van der Waals surface area contributed by atoms with Crippen molar-refractivity contribution in [3.05, 3.63) is 11.6 Å². The molecule has 108 valence electrons. The molecule has 3 rings (SSSR count). The summed E-state index contributed by atoms with van der Waals surface area (Å²) in [5.74, 6) is 1.71. The second-order valence-corrected chi connectivity index (χ2v) is 5.22. The highest BCUT2D eigenvalue weighted by atomic mass is 16.2. The van der Waals surface area contributed by atoms with Crippen LogP contribution in [0.2, 0.25) is 0 Å². The summed E-state index contributed by atoms with van der Waals surface area (Å²) in [6.45, 7) is 1.89. The lowest BCUT2D eigenvalue weighted by Gasteiger charge is -2.27. The number of aromatic nitrogens is 3. The molecule has 2 N–H and O–H groups in total. The van der Waals surface area contributed by atoms with Crippen molar-refractivity contribution in [2.24, 2.45) is 0 Å². The molecule has 1 aromatic rings. The van der Waals surface area contributed by atoms with E-state index in [1.165, 1.54) is 0 Å². The van der Waals surface area contributed by atoms with Crippen LogP contribution >= 0.6 is 0 Å². The molecule has 1 fully saturated rings. The van der Waals surface area contributed by atoms with Crippen molar-refractivity contribution in [3.8, 4) is 0 Å². The van der Waals surface area contributed by atoms with E-state index in [1.807, 2.05) is 0 Å². The standard InChI is InChI=1S/C12H18N6O2/c1-17(12(20)8-5-14-11(19)6-13-8)7-10-16-15-9-3-2-4-18(9)10/h8,13H,2-7H2,1H3,(H,14,19). The van der Waals surface area contributed by atoms with Crippen LogP contribution in [0.25, 0.3) is 0 Å². The van der Waals surface area contributed by atoms with Crippen molar-refractivity contribution in [2.75, 3.05) is 20.1 Å². The molecular weight excluding hydrogens is 260 g/mol. The topological polar surface area (TPSA) is 92.2 Å². The van der Waals surface area contributed by atoms with Gasteiger partial charge in [0, 0.05) is 26.6 Å². The SMILES string of the molecule is CN(Cc1nnc2n1CCC2)C(=O)C1CNC(=O)CN1. The number of aryl methyl sites for hydroxylation is 1. The van der Waals surface area contributed by atoms with Gasteiger partial charge in [-0.15, -0.1) is 10.2 Å². The lowest BCUT2D eigenvalue weighted by Crippen LogP contribution is -2.58. The Morgan fingerprint density at radius 1 is 1.50 bits per heavy atom. The Morgan fingerprint density at radius 2 is 2.35 bits per heavy atom. The Hall–Kier alpha value is -1.96. The molecule has 0 spiro atoms. The average Bonchev–Trinajstić information content (AvgIpc) is 3.04. The van der Waals surface area contributed by atoms with Crippen LogP contribution in [-0.4, -0.2) is 57.7 Å². The first kappa shape index (κ1) is 13.0. The second-order valence-electron chi connectivity index (χ2n) is 5.22. The fraction of sp³-hybridized carbons (Fsp3) is 0.667. The van der Waals surface area contributed by atoms with Crippen LogP contribution in [0.4, 0.5) is 0 Å².